The maximum Gasteiger partial charge on any atom is 0.136 e. The number of rotatable bonds is 3. The van der Waals surface area contributed by atoms with E-state index in [0.717, 1.165) is 31.2 Å². The number of nitrogens with zero attached hydrogens (tertiary/aromatic N) is 3. The van der Waals surface area contributed by atoms with Crippen molar-refractivity contribution in [3.05, 3.63) is 11.9 Å². The molecule has 1 saturated heterocycles. The highest BCUT2D eigenvalue weighted by atomic mass is 16.5. The van der Waals surface area contributed by atoms with E-state index in [1.165, 1.54) is 12.8 Å². The molecule has 0 aromatic carbocycles. The lowest BCUT2D eigenvalue weighted by atomic mass is 10.1. The number of anilines is 2. The summed E-state index contributed by atoms with van der Waals surface area (Å²) in [6, 6.07) is 2.28. The molecule has 19 heavy (non-hydrogen) atoms. The maximum atomic E-state index is 5.94. The first kappa shape index (κ1) is 12.7. The summed E-state index contributed by atoms with van der Waals surface area (Å²) in [5.74, 6) is 3.00. The lowest BCUT2D eigenvalue weighted by Gasteiger charge is -2.39. The molecule has 3 rings (SSSR count). The van der Waals surface area contributed by atoms with E-state index in [0.29, 0.717) is 17.8 Å². The average molecular weight is 262 g/mol. The van der Waals surface area contributed by atoms with Gasteiger partial charge in [-0.05, 0) is 26.2 Å². The Morgan fingerprint density at radius 3 is 2.89 bits per heavy atom. The number of nitrogens with two attached hydrogens (primary N) is 1. The molecule has 5 heteroatoms. The molecule has 2 unspecified atom stereocenters. The second-order valence-corrected chi connectivity index (χ2v) is 5.64. The molecule has 2 heterocycles. The van der Waals surface area contributed by atoms with Crippen LogP contribution in [0.1, 0.15) is 44.9 Å². The minimum atomic E-state index is 0.239. The van der Waals surface area contributed by atoms with Crippen LogP contribution in [0.3, 0.4) is 0 Å². The second kappa shape index (κ2) is 4.96. The van der Waals surface area contributed by atoms with E-state index in [2.05, 4.69) is 23.7 Å². The van der Waals surface area contributed by atoms with Crippen LogP contribution in [0.25, 0.3) is 0 Å². The van der Waals surface area contributed by atoms with Gasteiger partial charge in [-0.3, -0.25) is 0 Å². The Morgan fingerprint density at radius 1 is 1.42 bits per heavy atom. The Morgan fingerprint density at radius 2 is 2.21 bits per heavy atom. The van der Waals surface area contributed by atoms with Gasteiger partial charge in [-0.2, -0.15) is 0 Å². The van der Waals surface area contributed by atoms with Crippen molar-refractivity contribution in [3.8, 4) is 0 Å². The summed E-state index contributed by atoms with van der Waals surface area (Å²) in [4.78, 5) is 11.4. The Balaban J connectivity index is 1.90. The summed E-state index contributed by atoms with van der Waals surface area (Å²) < 4.78 is 5.74. The van der Waals surface area contributed by atoms with E-state index in [9.17, 15) is 0 Å². The van der Waals surface area contributed by atoms with Gasteiger partial charge < -0.3 is 15.4 Å². The average Bonchev–Trinajstić information content (AvgIpc) is 3.22. The van der Waals surface area contributed by atoms with Crippen molar-refractivity contribution in [2.45, 2.75) is 51.2 Å². The van der Waals surface area contributed by atoms with Crippen molar-refractivity contribution < 1.29 is 4.74 Å². The molecular formula is C14H22N4O. The van der Waals surface area contributed by atoms with Crippen LogP contribution in [0, 0.1) is 0 Å². The molecule has 2 N–H and O–H groups in total. The highest BCUT2D eigenvalue weighted by Crippen LogP contribution is 2.39. The molecular weight excluding hydrogens is 240 g/mol. The molecule has 1 aliphatic heterocycles. The molecule has 1 aromatic rings. The molecule has 2 aliphatic rings. The van der Waals surface area contributed by atoms with Gasteiger partial charge >= 0.3 is 0 Å². The zero-order valence-electron chi connectivity index (χ0n) is 11.7. The summed E-state index contributed by atoms with van der Waals surface area (Å²) in [6.45, 7) is 5.92. The van der Waals surface area contributed by atoms with Gasteiger partial charge in [0.25, 0.3) is 0 Å². The summed E-state index contributed by atoms with van der Waals surface area (Å²) in [6.07, 6.45) is 3.68. The molecule has 0 bridgehead atoms. The minimum absolute atomic E-state index is 0.239. The van der Waals surface area contributed by atoms with Crippen LogP contribution in [-0.2, 0) is 4.74 Å². The summed E-state index contributed by atoms with van der Waals surface area (Å²) in [5.41, 5.74) is 5.94. The second-order valence-electron chi connectivity index (χ2n) is 5.64. The third kappa shape index (κ3) is 2.66. The van der Waals surface area contributed by atoms with Crippen LogP contribution in [0.5, 0.6) is 0 Å². The van der Waals surface area contributed by atoms with E-state index < -0.39 is 0 Å². The van der Waals surface area contributed by atoms with E-state index in [1.54, 1.807) is 0 Å². The van der Waals surface area contributed by atoms with Crippen molar-refractivity contribution in [1.29, 1.82) is 0 Å². The third-order valence-electron chi connectivity index (χ3n) is 3.93. The largest absolute Gasteiger partial charge is 0.384 e. The van der Waals surface area contributed by atoms with Crippen molar-refractivity contribution >= 4 is 11.6 Å². The van der Waals surface area contributed by atoms with E-state index >= 15 is 0 Å². The number of morpholine rings is 1. The fraction of sp³-hybridized carbons (Fsp3) is 0.714. The van der Waals surface area contributed by atoms with E-state index in [1.807, 2.05) is 6.07 Å². The normalized spacial score (nSPS) is 27.6. The van der Waals surface area contributed by atoms with Crippen LogP contribution in [0.15, 0.2) is 6.07 Å². The third-order valence-corrected chi connectivity index (χ3v) is 3.93. The monoisotopic (exact) mass is 262 g/mol. The fourth-order valence-corrected chi connectivity index (χ4v) is 2.61. The first-order chi connectivity index (χ1) is 9.17. The molecule has 1 aliphatic carbocycles. The molecule has 1 aromatic heterocycles. The van der Waals surface area contributed by atoms with Gasteiger partial charge in [0.1, 0.15) is 17.5 Å². The number of nitrogen functional groups attached to an aromatic ring is 1. The molecule has 1 saturated carbocycles. The highest BCUT2D eigenvalue weighted by Gasteiger charge is 2.30. The lowest BCUT2D eigenvalue weighted by Crippen LogP contribution is -2.49. The molecule has 2 atom stereocenters. The van der Waals surface area contributed by atoms with Gasteiger partial charge in [-0.1, -0.05) is 6.92 Å². The van der Waals surface area contributed by atoms with Crippen molar-refractivity contribution in [2.24, 2.45) is 0 Å². The Labute approximate surface area is 114 Å². The molecule has 0 amide bonds. The predicted molar refractivity (Wildman–Crippen MR) is 75.3 cm³/mol. The van der Waals surface area contributed by atoms with Gasteiger partial charge in [0, 0.05) is 18.5 Å². The first-order valence-electron chi connectivity index (χ1n) is 7.20. The maximum absolute atomic E-state index is 5.94. The van der Waals surface area contributed by atoms with Gasteiger partial charge in [0.05, 0.1) is 18.8 Å². The van der Waals surface area contributed by atoms with Crippen molar-refractivity contribution in [2.75, 3.05) is 23.8 Å². The molecule has 2 fully saturated rings. The minimum Gasteiger partial charge on any atom is -0.384 e. The van der Waals surface area contributed by atoms with Crippen LogP contribution in [-0.4, -0.2) is 35.3 Å². The topological polar surface area (TPSA) is 64.3 Å². The van der Waals surface area contributed by atoms with Gasteiger partial charge in [-0.25, -0.2) is 9.97 Å². The fourth-order valence-electron chi connectivity index (χ4n) is 2.61. The predicted octanol–water partition coefficient (Wildman–Crippen LogP) is 1.94. The van der Waals surface area contributed by atoms with E-state index in [4.69, 9.17) is 15.5 Å². The number of ether oxygens (including phenoxy) is 1. The Hall–Kier alpha value is -1.36. The quantitative estimate of drug-likeness (QED) is 0.902. The standard InChI is InChI=1S/C14H22N4O/c1-3-11-8-19-9(2)7-18(11)13-6-12(15)16-14(17-13)10-4-5-10/h6,9-11H,3-5,7-8H2,1-2H3,(H2,15,16,17). The van der Waals surface area contributed by atoms with Crippen LogP contribution in [0.4, 0.5) is 11.6 Å². The van der Waals surface area contributed by atoms with Gasteiger partial charge in [0.15, 0.2) is 0 Å². The smallest absolute Gasteiger partial charge is 0.136 e. The number of hydrogen-bond acceptors (Lipinski definition) is 5. The van der Waals surface area contributed by atoms with Crippen LogP contribution >= 0.6 is 0 Å². The zero-order chi connectivity index (χ0) is 13.4. The van der Waals surface area contributed by atoms with Crippen LogP contribution < -0.4 is 10.6 Å². The Kier molecular flexibility index (Phi) is 3.31. The summed E-state index contributed by atoms with van der Waals surface area (Å²) in [5, 5.41) is 0. The molecule has 0 spiro atoms. The summed E-state index contributed by atoms with van der Waals surface area (Å²) >= 11 is 0. The van der Waals surface area contributed by atoms with Crippen molar-refractivity contribution in [3.63, 3.8) is 0 Å². The SMILES string of the molecule is CCC1COC(C)CN1c1cc(N)nc(C2CC2)n1. The van der Waals surface area contributed by atoms with Crippen LogP contribution in [0.2, 0.25) is 0 Å². The molecule has 104 valence electrons. The Bertz CT molecular complexity index is 461. The first-order valence-corrected chi connectivity index (χ1v) is 7.20. The van der Waals surface area contributed by atoms with E-state index in [-0.39, 0.29) is 6.10 Å². The zero-order valence-corrected chi connectivity index (χ0v) is 11.7. The number of aromatic nitrogens is 2. The highest BCUT2D eigenvalue weighted by molar-refractivity contribution is 5.49. The number of hydrogen-bond donors (Lipinski definition) is 1. The summed E-state index contributed by atoms with van der Waals surface area (Å²) in [7, 11) is 0. The lowest BCUT2D eigenvalue weighted by molar-refractivity contribution is 0.0296. The van der Waals surface area contributed by atoms with Crippen molar-refractivity contribution in [1.82, 2.24) is 9.97 Å². The van der Waals surface area contributed by atoms with Gasteiger partial charge in [-0.15, -0.1) is 0 Å². The molecule has 0 radical (unpaired) electrons. The molecule has 5 nitrogen and oxygen atoms in total. The van der Waals surface area contributed by atoms with Gasteiger partial charge in [0.2, 0.25) is 0 Å².